The van der Waals surface area contributed by atoms with E-state index in [4.69, 9.17) is 23.7 Å². The summed E-state index contributed by atoms with van der Waals surface area (Å²) in [5.74, 6) is 2.67. The number of aromatic hydroxyl groups is 1. The lowest BCUT2D eigenvalue weighted by Gasteiger charge is -2.28. The Labute approximate surface area is 139 Å². The highest BCUT2D eigenvalue weighted by Gasteiger charge is 2.44. The van der Waals surface area contributed by atoms with E-state index in [2.05, 4.69) is 0 Å². The summed E-state index contributed by atoms with van der Waals surface area (Å²) in [5.41, 5.74) is 1.81. The lowest BCUT2D eigenvalue weighted by atomic mass is 9.89. The Hall–Kier alpha value is -2.76. The van der Waals surface area contributed by atoms with Crippen LogP contribution in [0, 0.1) is 0 Å². The topological polar surface area (TPSA) is 66.4 Å². The van der Waals surface area contributed by atoms with Gasteiger partial charge in [0.2, 0.25) is 11.5 Å². The van der Waals surface area contributed by atoms with Gasteiger partial charge >= 0.3 is 0 Å². The smallest absolute Gasteiger partial charge is 0.203 e. The van der Waals surface area contributed by atoms with Crippen LogP contribution in [0.4, 0.5) is 0 Å². The molecule has 2 aliphatic heterocycles. The van der Waals surface area contributed by atoms with Gasteiger partial charge in [0.25, 0.3) is 0 Å². The fraction of sp³-hybridized carbons (Fsp3) is 0.333. The van der Waals surface area contributed by atoms with Gasteiger partial charge in [0.1, 0.15) is 6.10 Å². The average Bonchev–Trinajstić information content (AvgIpc) is 3.00. The Kier molecular flexibility index (Phi) is 3.33. The summed E-state index contributed by atoms with van der Waals surface area (Å²) in [6, 6.07) is 7.41. The zero-order valence-electron chi connectivity index (χ0n) is 13.7. The first kappa shape index (κ1) is 14.8. The summed E-state index contributed by atoms with van der Waals surface area (Å²) in [6.07, 6.45) is -0.249. The number of phenolic OH excluding ortho intramolecular Hbond substituents is 1. The van der Waals surface area contributed by atoms with Crippen LogP contribution in [0.15, 0.2) is 24.3 Å². The fourth-order valence-corrected chi connectivity index (χ4v) is 3.44. The first-order valence-corrected chi connectivity index (χ1v) is 7.63. The van der Waals surface area contributed by atoms with E-state index in [1.54, 1.807) is 20.3 Å². The van der Waals surface area contributed by atoms with Gasteiger partial charge in [-0.15, -0.1) is 0 Å². The highest BCUT2D eigenvalue weighted by molar-refractivity contribution is 5.63. The molecule has 126 valence electrons. The molecule has 0 bridgehead atoms. The molecule has 1 N–H and O–H groups in total. The fourth-order valence-electron chi connectivity index (χ4n) is 3.44. The number of phenols is 1. The monoisotopic (exact) mass is 330 g/mol. The number of fused-ring (bicyclic) bond motifs is 5. The summed E-state index contributed by atoms with van der Waals surface area (Å²) in [4.78, 5) is 0. The number of methoxy groups -OCH3 is 3. The van der Waals surface area contributed by atoms with Crippen molar-refractivity contribution in [3.63, 3.8) is 0 Å². The van der Waals surface area contributed by atoms with Crippen LogP contribution in [0.5, 0.6) is 34.5 Å². The van der Waals surface area contributed by atoms with Crippen molar-refractivity contribution < 1.29 is 28.8 Å². The molecule has 0 spiro atoms. The molecule has 2 heterocycles. The van der Waals surface area contributed by atoms with Gasteiger partial charge in [-0.3, -0.25) is 0 Å². The first-order valence-electron chi connectivity index (χ1n) is 7.63. The molecule has 0 aliphatic carbocycles. The average molecular weight is 330 g/mol. The van der Waals surface area contributed by atoms with E-state index >= 15 is 0 Å². The van der Waals surface area contributed by atoms with Crippen molar-refractivity contribution in [2.45, 2.75) is 12.0 Å². The van der Waals surface area contributed by atoms with Crippen LogP contribution in [0.3, 0.4) is 0 Å². The van der Waals surface area contributed by atoms with Gasteiger partial charge in [0.05, 0.1) is 33.9 Å². The minimum atomic E-state index is -0.249. The number of hydrogen-bond donors (Lipinski definition) is 1. The molecule has 0 unspecified atom stereocenters. The molecule has 0 radical (unpaired) electrons. The van der Waals surface area contributed by atoms with Gasteiger partial charge in [-0.25, -0.2) is 0 Å². The quantitative estimate of drug-likeness (QED) is 0.933. The molecule has 24 heavy (non-hydrogen) atoms. The number of ether oxygens (including phenoxy) is 5. The van der Waals surface area contributed by atoms with E-state index in [0.29, 0.717) is 35.4 Å². The third kappa shape index (κ3) is 1.89. The van der Waals surface area contributed by atoms with Gasteiger partial charge in [-0.05, 0) is 18.2 Å². The van der Waals surface area contributed by atoms with Crippen molar-refractivity contribution in [1.29, 1.82) is 0 Å². The van der Waals surface area contributed by atoms with E-state index in [1.807, 2.05) is 18.2 Å². The van der Waals surface area contributed by atoms with Gasteiger partial charge in [0.15, 0.2) is 23.0 Å². The third-order valence-electron chi connectivity index (χ3n) is 4.60. The van der Waals surface area contributed by atoms with Crippen LogP contribution in [0.25, 0.3) is 0 Å². The molecule has 2 atom stereocenters. The van der Waals surface area contributed by atoms with E-state index in [-0.39, 0.29) is 17.8 Å². The van der Waals surface area contributed by atoms with Crippen LogP contribution in [0.2, 0.25) is 0 Å². The highest BCUT2D eigenvalue weighted by Crippen LogP contribution is 2.58. The summed E-state index contributed by atoms with van der Waals surface area (Å²) in [6.45, 7) is 0.404. The largest absolute Gasteiger partial charge is 0.502 e. The Bertz CT molecular complexity index is 801. The van der Waals surface area contributed by atoms with Crippen molar-refractivity contribution in [1.82, 2.24) is 0 Å². The van der Waals surface area contributed by atoms with E-state index in [9.17, 15) is 5.11 Å². The molecule has 0 saturated carbocycles. The normalized spacial score (nSPS) is 20.1. The van der Waals surface area contributed by atoms with E-state index < -0.39 is 0 Å². The molecule has 2 aromatic carbocycles. The molecule has 0 fully saturated rings. The third-order valence-corrected chi connectivity index (χ3v) is 4.60. The van der Waals surface area contributed by atoms with E-state index in [0.717, 1.165) is 11.1 Å². The van der Waals surface area contributed by atoms with Crippen LogP contribution >= 0.6 is 0 Å². The van der Waals surface area contributed by atoms with Crippen LogP contribution in [0.1, 0.15) is 23.1 Å². The second-order valence-corrected chi connectivity index (χ2v) is 5.71. The predicted octanol–water partition coefficient (Wildman–Crippen LogP) is 3.03. The molecular weight excluding hydrogens is 312 g/mol. The first-order chi connectivity index (χ1) is 11.7. The van der Waals surface area contributed by atoms with Crippen molar-refractivity contribution in [2.24, 2.45) is 0 Å². The Morgan fingerprint density at radius 1 is 0.917 bits per heavy atom. The molecule has 6 nitrogen and oxygen atoms in total. The Balaban J connectivity index is 1.81. The molecule has 2 aliphatic rings. The van der Waals surface area contributed by atoms with E-state index in [1.165, 1.54) is 7.11 Å². The second kappa shape index (κ2) is 5.40. The number of rotatable bonds is 3. The summed E-state index contributed by atoms with van der Waals surface area (Å²) < 4.78 is 28.0. The lowest BCUT2D eigenvalue weighted by Crippen LogP contribution is -2.23. The second-order valence-electron chi connectivity index (χ2n) is 5.71. The standard InChI is InChI=1S/C18H18O6/c1-20-12-6-5-10-15-11(8-23-16(10)14(12)19)9-4-7-13(21-2)18(22-3)17(9)24-15/h4-7,11,15,19H,8H2,1-3H3/t11-,15-/m1/s1. The van der Waals surface area contributed by atoms with Crippen LogP contribution < -0.4 is 23.7 Å². The van der Waals surface area contributed by atoms with Crippen molar-refractivity contribution >= 4 is 0 Å². The molecule has 2 aromatic rings. The van der Waals surface area contributed by atoms with Crippen LogP contribution in [-0.2, 0) is 0 Å². The summed E-state index contributed by atoms with van der Waals surface area (Å²) >= 11 is 0. The zero-order valence-corrected chi connectivity index (χ0v) is 13.7. The highest BCUT2D eigenvalue weighted by atomic mass is 16.5. The summed E-state index contributed by atoms with van der Waals surface area (Å²) in [7, 11) is 4.69. The van der Waals surface area contributed by atoms with Gasteiger partial charge < -0.3 is 28.8 Å². The minimum Gasteiger partial charge on any atom is -0.502 e. The molecule has 4 rings (SSSR count). The molecular formula is C18H18O6. The van der Waals surface area contributed by atoms with Gasteiger partial charge in [0, 0.05) is 11.1 Å². The molecule has 0 aromatic heterocycles. The summed E-state index contributed by atoms with van der Waals surface area (Å²) in [5, 5.41) is 10.3. The van der Waals surface area contributed by atoms with Crippen molar-refractivity contribution in [3.8, 4) is 34.5 Å². The minimum absolute atomic E-state index is 0.00227. The van der Waals surface area contributed by atoms with Crippen molar-refractivity contribution in [3.05, 3.63) is 35.4 Å². The Morgan fingerprint density at radius 3 is 2.33 bits per heavy atom. The SMILES string of the molecule is COc1ccc2c(c1O)OC[C@@H]1c3ccc(OC)c(OC)c3O[C@H]21. The maximum Gasteiger partial charge on any atom is 0.203 e. The maximum atomic E-state index is 10.3. The molecule has 0 amide bonds. The Morgan fingerprint density at radius 2 is 1.62 bits per heavy atom. The number of benzene rings is 2. The van der Waals surface area contributed by atoms with Crippen LogP contribution in [-0.4, -0.2) is 33.0 Å². The van der Waals surface area contributed by atoms with Gasteiger partial charge in [-0.2, -0.15) is 0 Å². The zero-order chi connectivity index (χ0) is 16.8. The molecule has 6 heteroatoms. The molecule has 0 saturated heterocycles. The number of hydrogen-bond acceptors (Lipinski definition) is 6. The maximum absolute atomic E-state index is 10.3. The van der Waals surface area contributed by atoms with Gasteiger partial charge in [-0.1, -0.05) is 6.07 Å². The predicted molar refractivity (Wildman–Crippen MR) is 85.8 cm³/mol. The lowest BCUT2D eigenvalue weighted by molar-refractivity contribution is 0.133. The van der Waals surface area contributed by atoms with Crippen molar-refractivity contribution in [2.75, 3.05) is 27.9 Å².